The molecule has 2 aromatic rings. The van der Waals surface area contributed by atoms with Gasteiger partial charge in [0, 0.05) is 29.4 Å². The molecule has 1 aliphatic carbocycles. The first kappa shape index (κ1) is 20.9. The second-order valence-electron chi connectivity index (χ2n) is 7.11. The maximum absolute atomic E-state index is 12.1. The maximum atomic E-state index is 12.1. The van der Waals surface area contributed by atoms with Gasteiger partial charge in [-0.05, 0) is 30.5 Å². The van der Waals surface area contributed by atoms with Crippen molar-refractivity contribution >= 4 is 44.2 Å². The number of carbonyl (C=O) groups excluding carboxylic acids is 2. The minimum absolute atomic E-state index is 0.0104. The summed E-state index contributed by atoms with van der Waals surface area (Å²) in [5.74, 6) is 0.580. The number of amides is 2. The zero-order valence-corrected chi connectivity index (χ0v) is 18.2. The lowest BCUT2D eigenvalue weighted by molar-refractivity contribution is -0.116. The molecule has 1 fully saturated rings. The van der Waals surface area contributed by atoms with Gasteiger partial charge in [0.15, 0.2) is 0 Å². The minimum Gasteiger partial charge on any atom is -0.352 e. The molecular formula is C20H25BrN4O2S. The largest absolute Gasteiger partial charge is 0.352 e. The highest BCUT2D eigenvalue weighted by molar-refractivity contribution is 9.10. The van der Waals surface area contributed by atoms with Crippen molar-refractivity contribution in [1.82, 2.24) is 15.5 Å². The third kappa shape index (κ3) is 6.67. The molecule has 8 heteroatoms. The summed E-state index contributed by atoms with van der Waals surface area (Å²) in [6.45, 7) is 0.468. The van der Waals surface area contributed by atoms with Gasteiger partial charge >= 0.3 is 0 Å². The molecule has 2 N–H and O–H groups in total. The normalized spacial score (nSPS) is 14.6. The van der Waals surface area contributed by atoms with Crippen LogP contribution in [0.4, 0.5) is 5.13 Å². The van der Waals surface area contributed by atoms with Gasteiger partial charge in [0.25, 0.3) is 5.91 Å². The lowest BCUT2D eigenvalue weighted by atomic mass is 9.86. The molecule has 28 heavy (non-hydrogen) atoms. The second-order valence-corrected chi connectivity index (χ2v) is 9.09. The van der Waals surface area contributed by atoms with Gasteiger partial charge in [-0.25, -0.2) is 0 Å². The van der Waals surface area contributed by atoms with Crippen LogP contribution in [0.1, 0.15) is 60.3 Å². The van der Waals surface area contributed by atoms with E-state index >= 15 is 0 Å². The predicted molar refractivity (Wildman–Crippen MR) is 115 cm³/mol. The van der Waals surface area contributed by atoms with Gasteiger partial charge in [-0.15, -0.1) is 10.2 Å². The Hall–Kier alpha value is -1.80. The van der Waals surface area contributed by atoms with Crippen molar-refractivity contribution in [3.8, 4) is 0 Å². The first-order valence-electron chi connectivity index (χ1n) is 9.76. The molecule has 1 aliphatic rings. The number of carbonyl (C=O) groups is 2. The summed E-state index contributed by atoms with van der Waals surface area (Å²) >= 11 is 4.72. The Labute approximate surface area is 177 Å². The van der Waals surface area contributed by atoms with Crippen LogP contribution in [0.25, 0.3) is 0 Å². The quantitative estimate of drug-likeness (QED) is 0.598. The summed E-state index contributed by atoms with van der Waals surface area (Å²) in [6, 6.07) is 7.25. The van der Waals surface area contributed by atoms with Crippen molar-refractivity contribution in [2.75, 3.05) is 11.9 Å². The Bertz CT molecular complexity index is 805. The fourth-order valence-electron chi connectivity index (χ4n) is 3.41. The lowest BCUT2D eigenvalue weighted by Crippen LogP contribution is -2.25. The average molecular weight is 465 g/mol. The fourth-order valence-corrected chi connectivity index (χ4v) is 4.57. The van der Waals surface area contributed by atoms with E-state index in [1.165, 1.54) is 43.4 Å². The van der Waals surface area contributed by atoms with E-state index in [1.807, 2.05) is 12.1 Å². The van der Waals surface area contributed by atoms with Crippen LogP contribution in [0.3, 0.4) is 0 Å². The Morgan fingerprint density at radius 3 is 2.79 bits per heavy atom. The minimum atomic E-state index is -0.123. The molecule has 0 spiro atoms. The first-order chi connectivity index (χ1) is 13.6. The van der Waals surface area contributed by atoms with Crippen LogP contribution in [0, 0.1) is 5.92 Å². The van der Waals surface area contributed by atoms with E-state index in [0.717, 1.165) is 15.9 Å². The molecule has 0 unspecified atom stereocenters. The Kier molecular flexibility index (Phi) is 7.97. The summed E-state index contributed by atoms with van der Waals surface area (Å²) in [5.41, 5.74) is 0.609. The van der Waals surface area contributed by atoms with Crippen LogP contribution >= 0.6 is 27.3 Å². The molecule has 0 saturated heterocycles. The van der Waals surface area contributed by atoms with Crippen molar-refractivity contribution < 1.29 is 9.59 Å². The number of anilines is 1. The van der Waals surface area contributed by atoms with Crippen molar-refractivity contribution in [2.45, 2.75) is 51.4 Å². The van der Waals surface area contributed by atoms with Crippen molar-refractivity contribution in [3.05, 3.63) is 39.3 Å². The summed E-state index contributed by atoms with van der Waals surface area (Å²) < 4.78 is 0.869. The molecule has 1 saturated carbocycles. The number of hydrogen-bond donors (Lipinski definition) is 2. The standard InChI is InChI=1S/C20H25BrN4O2S/c21-16-8-4-7-15(13-16)19(27)22-12-11-18-24-25-20(28-18)23-17(26)10-9-14-5-2-1-3-6-14/h4,7-8,13-14H,1-3,5-6,9-12H2,(H,22,27)(H,23,25,26). The van der Waals surface area contributed by atoms with E-state index in [0.29, 0.717) is 36.0 Å². The SMILES string of the molecule is O=C(CCC1CCCCC1)Nc1nnc(CCNC(=O)c2cccc(Br)c2)s1. The molecule has 0 atom stereocenters. The molecule has 1 aromatic heterocycles. The van der Waals surface area contributed by atoms with Gasteiger partial charge in [-0.3, -0.25) is 9.59 Å². The molecular weight excluding hydrogens is 440 g/mol. The van der Waals surface area contributed by atoms with Gasteiger partial charge in [0.1, 0.15) is 5.01 Å². The van der Waals surface area contributed by atoms with Gasteiger partial charge in [-0.1, -0.05) is 65.4 Å². The Morgan fingerprint density at radius 1 is 1.18 bits per heavy atom. The molecule has 150 valence electrons. The Morgan fingerprint density at radius 2 is 2.00 bits per heavy atom. The number of halogens is 1. The van der Waals surface area contributed by atoms with E-state index in [4.69, 9.17) is 0 Å². The fraction of sp³-hybridized carbons (Fsp3) is 0.500. The average Bonchev–Trinajstić information content (AvgIpc) is 3.14. The molecule has 1 aromatic carbocycles. The topological polar surface area (TPSA) is 84.0 Å². The molecule has 0 bridgehead atoms. The molecule has 2 amide bonds. The second kappa shape index (κ2) is 10.7. The van der Waals surface area contributed by atoms with E-state index in [-0.39, 0.29) is 11.8 Å². The van der Waals surface area contributed by atoms with Crippen LogP contribution in [0.2, 0.25) is 0 Å². The van der Waals surface area contributed by atoms with Crippen LogP contribution in [-0.2, 0) is 11.2 Å². The van der Waals surface area contributed by atoms with Crippen LogP contribution in [0.5, 0.6) is 0 Å². The van der Waals surface area contributed by atoms with Crippen LogP contribution in [0.15, 0.2) is 28.7 Å². The summed E-state index contributed by atoms with van der Waals surface area (Å²) in [7, 11) is 0. The van der Waals surface area contributed by atoms with Gasteiger partial charge in [0.05, 0.1) is 0 Å². The third-order valence-corrected chi connectivity index (χ3v) is 6.32. The van der Waals surface area contributed by atoms with Crippen LogP contribution in [-0.4, -0.2) is 28.6 Å². The third-order valence-electron chi connectivity index (χ3n) is 4.93. The van der Waals surface area contributed by atoms with Crippen molar-refractivity contribution in [3.63, 3.8) is 0 Å². The number of rotatable bonds is 8. The van der Waals surface area contributed by atoms with E-state index in [9.17, 15) is 9.59 Å². The monoisotopic (exact) mass is 464 g/mol. The first-order valence-corrected chi connectivity index (χ1v) is 11.4. The van der Waals surface area contributed by atoms with Gasteiger partial charge in [0.2, 0.25) is 11.0 Å². The van der Waals surface area contributed by atoms with Crippen LogP contribution < -0.4 is 10.6 Å². The van der Waals surface area contributed by atoms with E-state index < -0.39 is 0 Å². The maximum Gasteiger partial charge on any atom is 0.251 e. The van der Waals surface area contributed by atoms with Gasteiger partial charge in [-0.2, -0.15) is 0 Å². The number of aromatic nitrogens is 2. The molecule has 6 nitrogen and oxygen atoms in total. The summed E-state index contributed by atoms with van der Waals surface area (Å²) in [5, 5.41) is 15.2. The van der Waals surface area contributed by atoms with E-state index in [2.05, 4.69) is 36.8 Å². The van der Waals surface area contributed by atoms with Gasteiger partial charge < -0.3 is 10.6 Å². The number of nitrogens with one attached hydrogen (secondary N) is 2. The van der Waals surface area contributed by atoms with Crippen molar-refractivity contribution in [1.29, 1.82) is 0 Å². The molecule has 3 rings (SSSR count). The molecule has 1 heterocycles. The zero-order valence-electron chi connectivity index (χ0n) is 15.7. The highest BCUT2D eigenvalue weighted by Crippen LogP contribution is 2.27. The number of nitrogens with zero attached hydrogens (tertiary/aromatic N) is 2. The Balaban J connectivity index is 1.37. The smallest absolute Gasteiger partial charge is 0.251 e. The summed E-state index contributed by atoms with van der Waals surface area (Å²) in [4.78, 5) is 24.2. The number of benzene rings is 1. The molecule has 0 aliphatic heterocycles. The van der Waals surface area contributed by atoms with E-state index in [1.54, 1.807) is 12.1 Å². The number of hydrogen-bond acceptors (Lipinski definition) is 5. The van der Waals surface area contributed by atoms with Crippen molar-refractivity contribution in [2.24, 2.45) is 5.92 Å². The zero-order chi connectivity index (χ0) is 19.8. The highest BCUT2D eigenvalue weighted by Gasteiger charge is 2.16. The summed E-state index contributed by atoms with van der Waals surface area (Å²) in [6.07, 6.45) is 8.51. The highest BCUT2D eigenvalue weighted by atomic mass is 79.9. The molecule has 0 radical (unpaired) electrons. The lowest BCUT2D eigenvalue weighted by Gasteiger charge is -2.20. The predicted octanol–water partition coefficient (Wildman–Crippen LogP) is 4.57.